The maximum Gasteiger partial charge on any atom is 0.188 e. The zero-order valence-electron chi connectivity index (χ0n) is 11.7. The number of rotatable bonds is 6. The van der Waals surface area contributed by atoms with Crippen LogP contribution in [0.3, 0.4) is 0 Å². The zero-order valence-corrected chi connectivity index (χ0v) is 14.0. The van der Waals surface area contributed by atoms with Crippen LogP contribution in [-0.2, 0) is 4.74 Å². The molecule has 0 saturated carbocycles. The van der Waals surface area contributed by atoms with Crippen LogP contribution < -0.4 is 11.1 Å². The lowest BCUT2D eigenvalue weighted by Gasteiger charge is -2.22. The Morgan fingerprint density at radius 3 is 2.83 bits per heavy atom. The van der Waals surface area contributed by atoms with Crippen LogP contribution in [0.5, 0.6) is 0 Å². The molecule has 1 fully saturated rings. The molecule has 1 heterocycles. The van der Waals surface area contributed by atoms with E-state index in [9.17, 15) is 0 Å². The lowest BCUT2D eigenvalue weighted by atomic mass is 10.0. The van der Waals surface area contributed by atoms with E-state index in [1.165, 1.54) is 19.3 Å². The summed E-state index contributed by atoms with van der Waals surface area (Å²) in [7, 11) is 0. The molecule has 18 heavy (non-hydrogen) atoms. The van der Waals surface area contributed by atoms with Crippen LogP contribution in [0.1, 0.15) is 46.0 Å². The first-order chi connectivity index (χ1) is 8.18. The summed E-state index contributed by atoms with van der Waals surface area (Å²) in [5.41, 5.74) is 5.75. The van der Waals surface area contributed by atoms with Gasteiger partial charge in [0.2, 0.25) is 0 Å². The van der Waals surface area contributed by atoms with Crippen molar-refractivity contribution in [2.45, 2.75) is 52.1 Å². The van der Waals surface area contributed by atoms with Crippen molar-refractivity contribution in [2.24, 2.45) is 16.6 Å². The SMILES string of the molecule is CC(C)CN=C(N)NCCCC1CCCCO1.I. The number of hydrogen-bond donors (Lipinski definition) is 2. The molecule has 0 aliphatic carbocycles. The zero-order chi connectivity index (χ0) is 12.5. The molecule has 0 radical (unpaired) electrons. The molecule has 0 aromatic heterocycles. The van der Waals surface area contributed by atoms with E-state index in [4.69, 9.17) is 10.5 Å². The first kappa shape index (κ1) is 18.0. The summed E-state index contributed by atoms with van der Waals surface area (Å²) in [6, 6.07) is 0. The second-order valence-electron chi connectivity index (χ2n) is 5.18. The number of ether oxygens (including phenoxy) is 1. The van der Waals surface area contributed by atoms with Crippen LogP contribution in [0.15, 0.2) is 4.99 Å². The summed E-state index contributed by atoms with van der Waals surface area (Å²) in [6.45, 7) is 6.91. The van der Waals surface area contributed by atoms with Crippen LogP contribution in [0.2, 0.25) is 0 Å². The summed E-state index contributed by atoms with van der Waals surface area (Å²) >= 11 is 0. The van der Waals surface area contributed by atoms with Crippen molar-refractivity contribution in [3.63, 3.8) is 0 Å². The molecule has 1 aliphatic heterocycles. The maximum absolute atomic E-state index is 5.75. The van der Waals surface area contributed by atoms with Gasteiger partial charge in [-0.1, -0.05) is 13.8 Å². The fourth-order valence-corrected chi connectivity index (χ4v) is 1.92. The first-order valence-electron chi connectivity index (χ1n) is 6.84. The maximum atomic E-state index is 5.75. The Balaban J connectivity index is 0.00000289. The Labute approximate surface area is 128 Å². The summed E-state index contributed by atoms with van der Waals surface area (Å²) in [6.07, 6.45) is 6.46. The predicted molar refractivity (Wildman–Crippen MR) is 87.6 cm³/mol. The van der Waals surface area contributed by atoms with E-state index in [2.05, 4.69) is 24.2 Å². The van der Waals surface area contributed by atoms with Crippen LogP contribution in [0, 0.1) is 5.92 Å². The third-order valence-corrected chi connectivity index (χ3v) is 2.91. The Morgan fingerprint density at radius 1 is 1.44 bits per heavy atom. The van der Waals surface area contributed by atoms with Crippen molar-refractivity contribution in [1.82, 2.24) is 5.32 Å². The summed E-state index contributed by atoms with van der Waals surface area (Å²) in [5, 5.41) is 3.15. The molecule has 1 aliphatic rings. The summed E-state index contributed by atoms with van der Waals surface area (Å²) < 4.78 is 5.67. The van der Waals surface area contributed by atoms with Crippen molar-refractivity contribution in [3.8, 4) is 0 Å². The minimum atomic E-state index is 0. The van der Waals surface area contributed by atoms with E-state index in [1.54, 1.807) is 0 Å². The average Bonchev–Trinajstić information content (AvgIpc) is 2.33. The average molecular weight is 369 g/mol. The Bertz CT molecular complexity index is 228. The van der Waals surface area contributed by atoms with E-state index >= 15 is 0 Å². The van der Waals surface area contributed by atoms with Crippen LogP contribution in [0.4, 0.5) is 0 Å². The molecule has 4 nitrogen and oxygen atoms in total. The third kappa shape index (κ3) is 8.97. The monoisotopic (exact) mass is 369 g/mol. The van der Waals surface area contributed by atoms with Gasteiger partial charge < -0.3 is 15.8 Å². The van der Waals surface area contributed by atoms with E-state index < -0.39 is 0 Å². The lowest BCUT2D eigenvalue weighted by molar-refractivity contribution is 0.0104. The number of nitrogens with zero attached hydrogens (tertiary/aromatic N) is 1. The fourth-order valence-electron chi connectivity index (χ4n) is 1.92. The molecule has 0 spiro atoms. The highest BCUT2D eigenvalue weighted by Crippen LogP contribution is 2.16. The van der Waals surface area contributed by atoms with Crippen molar-refractivity contribution in [3.05, 3.63) is 0 Å². The van der Waals surface area contributed by atoms with Gasteiger partial charge >= 0.3 is 0 Å². The number of nitrogens with two attached hydrogens (primary N) is 1. The molecular weight excluding hydrogens is 341 g/mol. The molecule has 0 amide bonds. The van der Waals surface area contributed by atoms with Gasteiger partial charge in [-0.15, -0.1) is 24.0 Å². The van der Waals surface area contributed by atoms with E-state index in [0.717, 1.165) is 32.5 Å². The molecule has 0 aromatic carbocycles. The first-order valence-corrected chi connectivity index (χ1v) is 6.84. The van der Waals surface area contributed by atoms with Gasteiger partial charge in [-0.3, -0.25) is 4.99 Å². The number of halogens is 1. The van der Waals surface area contributed by atoms with Crippen molar-refractivity contribution >= 4 is 29.9 Å². The van der Waals surface area contributed by atoms with Gasteiger partial charge in [0.1, 0.15) is 0 Å². The van der Waals surface area contributed by atoms with Crippen LogP contribution in [0.25, 0.3) is 0 Å². The van der Waals surface area contributed by atoms with Gasteiger partial charge in [0.15, 0.2) is 5.96 Å². The Morgan fingerprint density at radius 2 is 2.22 bits per heavy atom. The minimum Gasteiger partial charge on any atom is -0.378 e. The van der Waals surface area contributed by atoms with Crippen LogP contribution >= 0.6 is 24.0 Å². The molecule has 108 valence electrons. The molecule has 5 heteroatoms. The third-order valence-electron chi connectivity index (χ3n) is 2.91. The van der Waals surface area contributed by atoms with E-state index in [1.807, 2.05) is 0 Å². The van der Waals surface area contributed by atoms with E-state index in [0.29, 0.717) is 18.0 Å². The highest BCUT2D eigenvalue weighted by molar-refractivity contribution is 14.0. The molecule has 1 unspecified atom stereocenters. The van der Waals surface area contributed by atoms with Gasteiger partial charge in [-0.25, -0.2) is 0 Å². The molecule has 1 atom stereocenters. The van der Waals surface area contributed by atoms with E-state index in [-0.39, 0.29) is 24.0 Å². The second kappa shape index (κ2) is 10.8. The highest BCUT2D eigenvalue weighted by atomic mass is 127. The molecule has 1 rings (SSSR count). The predicted octanol–water partition coefficient (Wildman–Crippen LogP) is 2.51. The normalized spacial score (nSPS) is 20.6. The van der Waals surface area contributed by atoms with Gasteiger partial charge in [0, 0.05) is 19.7 Å². The number of aliphatic imine (C=N–C) groups is 1. The molecule has 3 N–H and O–H groups in total. The standard InChI is InChI=1S/C13H27N3O.HI/c1-11(2)10-16-13(14)15-8-5-7-12-6-3-4-9-17-12;/h11-12H,3-10H2,1-2H3,(H3,14,15,16);1H. The van der Waals surface area contributed by atoms with Crippen molar-refractivity contribution in [1.29, 1.82) is 0 Å². The Kier molecular flexibility index (Phi) is 10.8. The molecule has 1 saturated heterocycles. The van der Waals surface area contributed by atoms with Crippen molar-refractivity contribution in [2.75, 3.05) is 19.7 Å². The number of hydrogen-bond acceptors (Lipinski definition) is 2. The Hall–Kier alpha value is -0.0400. The number of nitrogens with one attached hydrogen (secondary N) is 1. The van der Waals surface area contributed by atoms with Gasteiger partial charge in [0.25, 0.3) is 0 Å². The topological polar surface area (TPSA) is 59.6 Å². The minimum absolute atomic E-state index is 0. The van der Waals surface area contributed by atoms with Gasteiger partial charge in [-0.05, 0) is 38.0 Å². The fraction of sp³-hybridized carbons (Fsp3) is 0.923. The lowest BCUT2D eigenvalue weighted by Crippen LogP contribution is -2.33. The second-order valence-corrected chi connectivity index (χ2v) is 5.18. The summed E-state index contributed by atoms with van der Waals surface area (Å²) in [4.78, 5) is 4.26. The number of guanidine groups is 1. The largest absolute Gasteiger partial charge is 0.378 e. The quantitative estimate of drug-likeness (QED) is 0.327. The summed E-state index contributed by atoms with van der Waals surface area (Å²) in [5.74, 6) is 1.13. The smallest absolute Gasteiger partial charge is 0.188 e. The van der Waals surface area contributed by atoms with Gasteiger partial charge in [-0.2, -0.15) is 0 Å². The van der Waals surface area contributed by atoms with Crippen molar-refractivity contribution < 1.29 is 4.74 Å². The molecule has 0 aromatic rings. The highest BCUT2D eigenvalue weighted by Gasteiger charge is 2.12. The molecular formula is C13H28IN3O. The molecule has 0 bridgehead atoms. The van der Waals surface area contributed by atoms with Gasteiger partial charge in [0.05, 0.1) is 6.10 Å². The van der Waals surface area contributed by atoms with Crippen LogP contribution in [-0.4, -0.2) is 31.8 Å².